The van der Waals surface area contributed by atoms with Crippen molar-refractivity contribution in [3.05, 3.63) is 29.3 Å². The predicted octanol–water partition coefficient (Wildman–Crippen LogP) is 2.42. The van der Waals surface area contributed by atoms with Crippen LogP contribution >= 0.6 is 11.6 Å². The number of benzene rings is 1. The molecular weight excluding hydrogens is 234 g/mol. The van der Waals surface area contributed by atoms with Gasteiger partial charge in [0.05, 0.1) is 12.5 Å². The molecule has 0 aromatic heterocycles. The summed E-state index contributed by atoms with van der Waals surface area (Å²) in [7, 11) is 0. The second-order valence-electron chi connectivity index (χ2n) is 4.45. The number of hydrogen-bond acceptors (Lipinski definition) is 3. The van der Waals surface area contributed by atoms with Crippen molar-refractivity contribution in [1.82, 2.24) is 5.32 Å². The first kappa shape index (κ1) is 12.2. The molecule has 1 aromatic carbocycles. The van der Waals surface area contributed by atoms with Gasteiger partial charge in [-0.25, -0.2) is 0 Å². The van der Waals surface area contributed by atoms with E-state index in [4.69, 9.17) is 16.9 Å². The molecule has 4 heteroatoms. The molecule has 0 aliphatic carbocycles. The Kier molecular flexibility index (Phi) is 3.88. The third kappa shape index (κ3) is 2.91. The Labute approximate surface area is 107 Å². The standard InChI is InChI=1S/C13H16ClN3/c1-10-8-16-12(6-7-15)9-17(10)13-4-2-11(14)3-5-13/h2-5,10,12,16H,6,8-9H2,1H3. The van der Waals surface area contributed by atoms with Gasteiger partial charge in [0, 0.05) is 35.9 Å². The number of nitrogens with one attached hydrogen (secondary N) is 1. The summed E-state index contributed by atoms with van der Waals surface area (Å²) in [6.45, 7) is 3.97. The van der Waals surface area contributed by atoms with E-state index in [2.05, 4.69) is 23.2 Å². The van der Waals surface area contributed by atoms with Crippen molar-refractivity contribution >= 4 is 17.3 Å². The molecular formula is C13H16ClN3. The Bertz CT molecular complexity index is 410. The SMILES string of the molecule is CC1CNC(CC#N)CN1c1ccc(Cl)cc1. The lowest BCUT2D eigenvalue weighted by molar-refractivity contribution is 0.409. The normalized spacial score (nSPS) is 24.4. The Balaban J connectivity index is 2.12. The molecule has 3 nitrogen and oxygen atoms in total. The molecule has 1 N–H and O–H groups in total. The molecule has 2 unspecified atom stereocenters. The molecule has 0 spiro atoms. The first-order valence-electron chi connectivity index (χ1n) is 5.83. The lowest BCUT2D eigenvalue weighted by atomic mass is 10.1. The van der Waals surface area contributed by atoms with Gasteiger partial charge < -0.3 is 10.2 Å². The van der Waals surface area contributed by atoms with Crippen LogP contribution in [0.5, 0.6) is 0 Å². The van der Waals surface area contributed by atoms with Gasteiger partial charge in [-0.05, 0) is 31.2 Å². The van der Waals surface area contributed by atoms with E-state index in [0.29, 0.717) is 12.5 Å². The fourth-order valence-electron chi connectivity index (χ4n) is 2.17. The summed E-state index contributed by atoms with van der Waals surface area (Å²) < 4.78 is 0. The van der Waals surface area contributed by atoms with Crippen LogP contribution in [0.25, 0.3) is 0 Å². The number of nitriles is 1. The first-order valence-corrected chi connectivity index (χ1v) is 6.21. The highest BCUT2D eigenvalue weighted by Crippen LogP contribution is 2.22. The van der Waals surface area contributed by atoms with E-state index in [-0.39, 0.29) is 6.04 Å². The molecule has 0 radical (unpaired) electrons. The summed E-state index contributed by atoms with van der Waals surface area (Å²) in [6, 6.07) is 10.8. The monoisotopic (exact) mass is 249 g/mol. The van der Waals surface area contributed by atoms with Gasteiger partial charge in [-0.1, -0.05) is 11.6 Å². The van der Waals surface area contributed by atoms with Gasteiger partial charge in [0.2, 0.25) is 0 Å². The van der Waals surface area contributed by atoms with Crippen LogP contribution in [0, 0.1) is 11.3 Å². The predicted molar refractivity (Wildman–Crippen MR) is 70.3 cm³/mol. The highest BCUT2D eigenvalue weighted by Gasteiger charge is 2.24. The number of hydrogen-bond donors (Lipinski definition) is 1. The Morgan fingerprint density at radius 3 is 2.82 bits per heavy atom. The number of halogens is 1. The zero-order chi connectivity index (χ0) is 12.3. The molecule has 1 fully saturated rings. The van der Waals surface area contributed by atoms with Gasteiger partial charge in [0.25, 0.3) is 0 Å². The number of anilines is 1. The fourth-order valence-corrected chi connectivity index (χ4v) is 2.29. The van der Waals surface area contributed by atoms with Gasteiger partial charge in [0.1, 0.15) is 0 Å². The largest absolute Gasteiger partial charge is 0.366 e. The minimum absolute atomic E-state index is 0.256. The molecule has 1 aromatic rings. The maximum absolute atomic E-state index is 8.75. The summed E-state index contributed by atoms with van der Waals surface area (Å²) in [5.74, 6) is 0. The zero-order valence-electron chi connectivity index (χ0n) is 9.86. The van der Waals surface area contributed by atoms with E-state index in [0.717, 1.165) is 18.1 Å². The van der Waals surface area contributed by atoms with Gasteiger partial charge in [-0.15, -0.1) is 0 Å². The number of piperazine rings is 1. The Morgan fingerprint density at radius 2 is 2.18 bits per heavy atom. The molecule has 1 heterocycles. The Hall–Kier alpha value is -1.24. The highest BCUT2D eigenvalue weighted by molar-refractivity contribution is 6.30. The van der Waals surface area contributed by atoms with E-state index in [9.17, 15) is 0 Å². The fraction of sp³-hybridized carbons (Fsp3) is 0.462. The molecule has 1 aliphatic rings. The minimum atomic E-state index is 0.256. The van der Waals surface area contributed by atoms with Crippen LogP contribution in [0.15, 0.2) is 24.3 Å². The van der Waals surface area contributed by atoms with Gasteiger partial charge in [-0.3, -0.25) is 0 Å². The molecule has 0 bridgehead atoms. The van der Waals surface area contributed by atoms with E-state index < -0.39 is 0 Å². The molecule has 0 amide bonds. The second-order valence-corrected chi connectivity index (χ2v) is 4.88. The number of rotatable bonds is 2. The van der Waals surface area contributed by atoms with E-state index in [1.807, 2.05) is 24.3 Å². The molecule has 2 rings (SSSR count). The lowest BCUT2D eigenvalue weighted by Crippen LogP contribution is -2.55. The smallest absolute Gasteiger partial charge is 0.0638 e. The van der Waals surface area contributed by atoms with Crippen LogP contribution in [0.3, 0.4) is 0 Å². The lowest BCUT2D eigenvalue weighted by Gasteiger charge is -2.39. The van der Waals surface area contributed by atoms with Crippen molar-refractivity contribution in [2.45, 2.75) is 25.4 Å². The average molecular weight is 250 g/mol. The molecule has 1 aliphatic heterocycles. The van der Waals surface area contributed by atoms with Crippen molar-refractivity contribution in [2.24, 2.45) is 0 Å². The summed E-state index contributed by atoms with van der Waals surface area (Å²) in [5, 5.41) is 12.9. The van der Waals surface area contributed by atoms with Gasteiger partial charge >= 0.3 is 0 Å². The quantitative estimate of drug-likeness (QED) is 0.875. The van der Waals surface area contributed by atoms with Crippen LogP contribution in [0.4, 0.5) is 5.69 Å². The second kappa shape index (κ2) is 5.39. The van der Waals surface area contributed by atoms with Crippen LogP contribution in [-0.4, -0.2) is 25.2 Å². The maximum Gasteiger partial charge on any atom is 0.0638 e. The number of nitrogens with zero attached hydrogens (tertiary/aromatic N) is 2. The summed E-state index contributed by atoms with van der Waals surface area (Å²) >= 11 is 5.89. The Morgan fingerprint density at radius 1 is 1.47 bits per heavy atom. The molecule has 17 heavy (non-hydrogen) atoms. The topological polar surface area (TPSA) is 39.1 Å². The minimum Gasteiger partial charge on any atom is -0.366 e. The zero-order valence-corrected chi connectivity index (χ0v) is 10.6. The van der Waals surface area contributed by atoms with Crippen LogP contribution in [0.1, 0.15) is 13.3 Å². The third-order valence-electron chi connectivity index (χ3n) is 3.15. The average Bonchev–Trinajstić information content (AvgIpc) is 2.33. The maximum atomic E-state index is 8.75. The van der Waals surface area contributed by atoms with Crippen molar-refractivity contribution < 1.29 is 0 Å². The first-order chi connectivity index (χ1) is 8.20. The van der Waals surface area contributed by atoms with Gasteiger partial charge in [-0.2, -0.15) is 5.26 Å². The van der Waals surface area contributed by atoms with Crippen molar-refractivity contribution in [1.29, 1.82) is 5.26 Å². The van der Waals surface area contributed by atoms with Crippen molar-refractivity contribution in [2.75, 3.05) is 18.0 Å². The summed E-state index contributed by atoms with van der Waals surface area (Å²) in [6.07, 6.45) is 0.552. The van der Waals surface area contributed by atoms with Crippen LogP contribution < -0.4 is 10.2 Å². The van der Waals surface area contributed by atoms with Crippen molar-refractivity contribution in [3.8, 4) is 6.07 Å². The van der Waals surface area contributed by atoms with Crippen molar-refractivity contribution in [3.63, 3.8) is 0 Å². The van der Waals surface area contributed by atoms with E-state index in [1.54, 1.807) is 0 Å². The van der Waals surface area contributed by atoms with Crippen LogP contribution in [0.2, 0.25) is 5.02 Å². The van der Waals surface area contributed by atoms with Crippen LogP contribution in [-0.2, 0) is 0 Å². The highest BCUT2D eigenvalue weighted by atomic mass is 35.5. The van der Waals surface area contributed by atoms with E-state index in [1.165, 1.54) is 5.69 Å². The molecule has 0 saturated carbocycles. The van der Waals surface area contributed by atoms with E-state index >= 15 is 0 Å². The summed E-state index contributed by atoms with van der Waals surface area (Å²) in [4.78, 5) is 2.33. The summed E-state index contributed by atoms with van der Waals surface area (Å²) in [5.41, 5.74) is 1.17. The van der Waals surface area contributed by atoms with Gasteiger partial charge in [0.15, 0.2) is 0 Å². The molecule has 90 valence electrons. The molecule has 1 saturated heterocycles. The third-order valence-corrected chi connectivity index (χ3v) is 3.40. The molecule has 2 atom stereocenters.